The van der Waals surface area contributed by atoms with Crippen LogP contribution in [0, 0.1) is 6.92 Å². The molecule has 0 atom stereocenters. The average molecular weight is 278 g/mol. The van der Waals surface area contributed by atoms with Gasteiger partial charge in [-0.1, -0.05) is 44.0 Å². The highest BCUT2D eigenvalue weighted by Gasteiger charge is 1.99. The van der Waals surface area contributed by atoms with E-state index in [-0.39, 0.29) is 0 Å². The highest BCUT2D eigenvalue weighted by molar-refractivity contribution is 9.10. The first-order valence-electron chi connectivity index (χ1n) is 3.55. The van der Waals surface area contributed by atoms with Crippen LogP contribution in [0.2, 0.25) is 0 Å². The van der Waals surface area contributed by atoms with Crippen LogP contribution in [0.15, 0.2) is 22.7 Å². The summed E-state index contributed by atoms with van der Waals surface area (Å²) in [5, 5.41) is 1.03. The van der Waals surface area contributed by atoms with Crippen LogP contribution in [-0.2, 0) is 6.42 Å². The van der Waals surface area contributed by atoms with Crippen molar-refractivity contribution in [2.24, 2.45) is 0 Å². The lowest BCUT2D eigenvalue weighted by molar-refractivity contribution is 1.13. The molecule has 0 unspecified atom stereocenters. The van der Waals surface area contributed by atoms with Crippen LogP contribution in [0.25, 0.3) is 0 Å². The molecule has 0 amide bonds. The van der Waals surface area contributed by atoms with E-state index >= 15 is 0 Å². The minimum Gasteiger partial charge on any atom is -0.0924 e. The Labute approximate surface area is 84.3 Å². The predicted octanol–water partition coefficient (Wildman–Crippen LogP) is 3.69. The molecule has 0 spiro atoms. The Bertz CT molecular complexity index is 243. The predicted molar refractivity (Wildman–Crippen MR) is 56.4 cm³/mol. The van der Waals surface area contributed by atoms with Crippen molar-refractivity contribution >= 4 is 31.9 Å². The van der Waals surface area contributed by atoms with E-state index in [1.165, 1.54) is 15.6 Å². The molecule has 0 fully saturated rings. The Morgan fingerprint density at radius 3 is 2.73 bits per heavy atom. The summed E-state index contributed by atoms with van der Waals surface area (Å²) < 4.78 is 1.20. The quantitative estimate of drug-likeness (QED) is 0.724. The van der Waals surface area contributed by atoms with Crippen molar-refractivity contribution < 1.29 is 0 Å². The van der Waals surface area contributed by atoms with Crippen molar-refractivity contribution in [3.8, 4) is 0 Å². The summed E-state index contributed by atoms with van der Waals surface area (Å²) in [6.07, 6.45) is 1.10. The van der Waals surface area contributed by atoms with Gasteiger partial charge in [-0.2, -0.15) is 0 Å². The van der Waals surface area contributed by atoms with Crippen LogP contribution >= 0.6 is 31.9 Å². The van der Waals surface area contributed by atoms with Crippen molar-refractivity contribution in [2.75, 3.05) is 5.33 Å². The summed E-state index contributed by atoms with van der Waals surface area (Å²) in [5.41, 5.74) is 2.77. The van der Waals surface area contributed by atoms with E-state index in [9.17, 15) is 0 Å². The van der Waals surface area contributed by atoms with Crippen molar-refractivity contribution in [3.63, 3.8) is 0 Å². The third kappa shape index (κ3) is 2.31. The van der Waals surface area contributed by atoms with Crippen LogP contribution in [-0.4, -0.2) is 5.33 Å². The Balaban J connectivity index is 2.96. The van der Waals surface area contributed by atoms with E-state index in [1.807, 2.05) is 0 Å². The van der Waals surface area contributed by atoms with Crippen molar-refractivity contribution in [2.45, 2.75) is 13.3 Å². The van der Waals surface area contributed by atoms with Gasteiger partial charge in [-0.25, -0.2) is 0 Å². The van der Waals surface area contributed by atoms with Crippen LogP contribution in [0.5, 0.6) is 0 Å². The minimum atomic E-state index is 1.03. The molecule has 0 heterocycles. The maximum atomic E-state index is 3.50. The van der Waals surface area contributed by atoms with Gasteiger partial charge in [-0.05, 0) is 30.5 Å². The SMILES string of the molecule is Cc1c(Br)cccc1CCBr. The number of alkyl halides is 1. The van der Waals surface area contributed by atoms with Gasteiger partial charge in [0.15, 0.2) is 0 Å². The molecule has 0 saturated carbocycles. The normalized spacial score (nSPS) is 10.1. The van der Waals surface area contributed by atoms with Gasteiger partial charge in [-0.15, -0.1) is 0 Å². The van der Waals surface area contributed by atoms with E-state index in [2.05, 4.69) is 57.0 Å². The number of aryl methyl sites for hydroxylation is 1. The average Bonchev–Trinajstić information content (AvgIpc) is 1.99. The third-order valence-corrected chi connectivity index (χ3v) is 3.00. The van der Waals surface area contributed by atoms with Crippen LogP contribution in [0.3, 0.4) is 0 Å². The zero-order valence-corrected chi connectivity index (χ0v) is 9.57. The highest BCUT2D eigenvalue weighted by Crippen LogP contribution is 2.19. The lowest BCUT2D eigenvalue weighted by Gasteiger charge is -2.04. The van der Waals surface area contributed by atoms with E-state index in [0.717, 1.165) is 11.8 Å². The van der Waals surface area contributed by atoms with Gasteiger partial charge in [0.05, 0.1) is 0 Å². The van der Waals surface area contributed by atoms with Gasteiger partial charge in [0, 0.05) is 9.80 Å². The fourth-order valence-electron chi connectivity index (χ4n) is 1.02. The molecule has 60 valence electrons. The fourth-order valence-corrected chi connectivity index (χ4v) is 1.86. The molecule has 2 heteroatoms. The Hall–Kier alpha value is 0.180. The summed E-state index contributed by atoms with van der Waals surface area (Å²) in [4.78, 5) is 0. The second kappa shape index (κ2) is 4.27. The fraction of sp³-hybridized carbons (Fsp3) is 0.333. The number of hydrogen-bond acceptors (Lipinski definition) is 0. The maximum absolute atomic E-state index is 3.50. The molecule has 0 N–H and O–H groups in total. The molecule has 0 aliphatic carbocycles. The third-order valence-electron chi connectivity index (χ3n) is 1.74. The lowest BCUT2D eigenvalue weighted by atomic mass is 10.1. The number of halogens is 2. The molecule has 0 radical (unpaired) electrons. The van der Waals surface area contributed by atoms with Gasteiger partial charge in [0.2, 0.25) is 0 Å². The van der Waals surface area contributed by atoms with Gasteiger partial charge in [0.25, 0.3) is 0 Å². The van der Waals surface area contributed by atoms with Crippen LogP contribution in [0.1, 0.15) is 11.1 Å². The molecule has 0 saturated heterocycles. The van der Waals surface area contributed by atoms with Gasteiger partial charge in [0.1, 0.15) is 0 Å². The number of benzene rings is 1. The van der Waals surface area contributed by atoms with Crippen LogP contribution < -0.4 is 0 Å². The molecule has 0 bridgehead atoms. The Kier molecular flexibility index (Phi) is 3.60. The first-order chi connectivity index (χ1) is 5.25. The first-order valence-corrected chi connectivity index (χ1v) is 5.47. The maximum Gasteiger partial charge on any atom is 0.0207 e. The van der Waals surface area contributed by atoms with E-state index in [4.69, 9.17) is 0 Å². The minimum absolute atomic E-state index is 1.03. The zero-order chi connectivity index (χ0) is 8.27. The van der Waals surface area contributed by atoms with E-state index in [0.29, 0.717) is 0 Å². The summed E-state index contributed by atoms with van der Waals surface area (Å²) in [6, 6.07) is 6.32. The van der Waals surface area contributed by atoms with Crippen molar-refractivity contribution in [1.82, 2.24) is 0 Å². The number of rotatable bonds is 2. The second-order valence-corrected chi connectivity index (χ2v) is 4.11. The monoisotopic (exact) mass is 276 g/mol. The molecule has 0 nitrogen and oxygen atoms in total. The Morgan fingerprint density at radius 2 is 2.09 bits per heavy atom. The van der Waals surface area contributed by atoms with Crippen LogP contribution in [0.4, 0.5) is 0 Å². The summed E-state index contributed by atoms with van der Waals surface area (Å²) in [6.45, 7) is 2.14. The molecule has 1 aromatic carbocycles. The van der Waals surface area contributed by atoms with Gasteiger partial charge < -0.3 is 0 Å². The van der Waals surface area contributed by atoms with Crippen molar-refractivity contribution in [1.29, 1.82) is 0 Å². The largest absolute Gasteiger partial charge is 0.0924 e. The van der Waals surface area contributed by atoms with Crippen molar-refractivity contribution in [3.05, 3.63) is 33.8 Å². The summed E-state index contributed by atoms with van der Waals surface area (Å²) in [7, 11) is 0. The molecular formula is C9H10Br2. The summed E-state index contributed by atoms with van der Waals surface area (Å²) in [5.74, 6) is 0. The molecule has 0 aliphatic rings. The molecule has 0 aromatic heterocycles. The molecular weight excluding hydrogens is 268 g/mol. The molecule has 1 aromatic rings. The molecule has 1 rings (SSSR count). The molecule has 11 heavy (non-hydrogen) atoms. The van der Waals surface area contributed by atoms with E-state index in [1.54, 1.807) is 0 Å². The van der Waals surface area contributed by atoms with Gasteiger partial charge >= 0.3 is 0 Å². The highest BCUT2D eigenvalue weighted by atomic mass is 79.9. The first kappa shape index (κ1) is 9.27. The topological polar surface area (TPSA) is 0 Å². The molecule has 0 aliphatic heterocycles. The van der Waals surface area contributed by atoms with Gasteiger partial charge in [-0.3, -0.25) is 0 Å². The zero-order valence-electron chi connectivity index (χ0n) is 6.40. The Morgan fingerprint density at radius 1 is 1.36 bits per heavy atom. The number of hydrogen-bond donors (Lipinski definition) is 0. The standard InChI is InChI=1S/C9H10Br2/c1-7-8(5-6-10)3-2-4-9(7)11/h2-4H,5-6H2,1H3. The smallest absolute Gasteiger partial charge is 0.0207 e. The summed E-state index contributed by atoms with van der Waals surface area (Å²) >= 11 is 6.93. The lowest BCUT2D eigenvalue weighted by Crippen LogP contribution is -1.90. The second-order valence-electron chi connectivity index (χ2n) is 2.46. The van der Waals surface area contributed by atoms with E-state index < -0.39 is 0 Å².